The lowest BCUT2D eigenvalue weighted by Gasteiger charge is -2.32. The standard InChI is InChI=1S/C25H38F2O3/c1-3-5-6-18-7-9-19(10-8-18)16-29-23-14-11-20(17-30-23)21-12-13-22(28-15-4-2)25(27)24(21)26/h12-13,18-20,23H,3-11,14-17H2,1-2H3. The first kappa shape index (κ1) is 23.5. The maximum atomic E-state index is 14.5. The first-order valence-corrected chi connectivity index (χ1v) is 12.0. The fourth-order valence-corrected chi connectivity index (χ4v) is 4.71. The molecular weight excluding hydrogens is 386 g/mol. The Labute approximate surface area is 180 Å². The van der Waals surface area contributed by atoms with Gasteiger partial charge in [0.05, 0.1) is 19.8 Å². The predicted octanol–water partition coefficient (Wildman–Crippen LogP) is 6.99. The molecule has 0 aromatic heterocycles. The van der Waals surface area contributed by atoms with Crippen LogP contribution >= 0.6 is 0 Å². The second-order valence-electron chi connectivity index (χ2n) is 9.03. The van der Waals surface area contributed by atoms with Crippen molar-refractivity contribution in [2.45, 2.75) is 90.3 Å². The lowest BCUT2D eigenvalue weighted by atomic mass is 9.80. The molecule has 2 fully saturated rings. The van der Waals surface area contributed by atoms with Crippen molar-refractivity contribution in [2.75, 3.05) is 19.8 Å². The highest BCUT2D eigenvalue weighted by atomic mass is 19.2. The summed E-state index contributed by atoms with van der Waals surface area (Å²) in [5.41, 5.74) is 0.375. The van der Waals surface area contributed by atoms with E-state index in [-0.39, 0.29) is 18.0 Å². The van der Waals surface area contributed by atoms with Gasteiger partial charge in [0.25, 0.3) is 0 Å². The van der Waals surface area contributed by atoms with Crippen LogP contribution in [-0.2, 0) is 9.47 Å². The average molecular weight is 425 g/mol. The van der Waals surface area contributed by atoms with Crippen molar-refractivity contribution < 1.29 is 23.0 Å². The van der Waals surface area contributed by atoms with Crippen LogP contribution in [0.5, 0.6) is 5.75 Å². The summed E-state index contributed by atoms with van der Waals surface area (Å²) in [6.07, 6.45) is 11.1. The lowest BCUT2D eigenvalue weighted by molar-refractivity contribution is -0.175. The molecule has 1 aromatic rings. The minimum absolute atomic E-state index is 0.0135. The highest BCUT2D eigenvalue weighted by Crippen LogP contribution is 2.35. The van der Waals surface area contributed by atoms with Crippen molar-refractivity contribution in [1.82, 2.24) is 0 Å². The number of hydrogen-bond donors (Lipinski definition) is 0. The summed E-state index contributed by atoms with van der Waals surface area (Å²) >= 11 is 0. The van der Waals surface area contributed by atoms with Crippen molar-refractivity contribution >= 4 is 0 Å². The van der Waals surface area contributed by atoms with E-state index in [1.54, 1.807) is 6.07 Å². The minimum atomic E-state index is -0.895. The number of halogens is 2. The molecule has 3 rings (SSSR count). The molecule has 30 heavy (non-hydrogen) atoms. The maximum absolute atomic E-state index is 14.5. The third kappa shape index (κ3) is 6.40. The van der Waals surface area contributed by atoms with Crippen LogP contribution in [0.15, 0.2) is 12.1 Å². The van der Waals surface area contributed by atoms with Crippen LogP contribution in [0.3, 0.4) is 0 Å². The van der Waals surface area contributed by atoms with Crippen LogP contribution in [0.25, 0.3) is 0 Å². The van der Waals surface area contributed by atoms with E-state index in [1.807, 2.05) is 6.92 Å². The van der Waals surface area contributed by atoms with Crippen LogP contribution in [0.2, 0.25) is 0 Å². The number of benzene rings is 1. The first-order valence-electron chi connectivity index (χ1n) is 12.0. The maximum Gasteiger partial charge on any atom is 0.200 e. The van der Waals surface area contributed by atoms with E-state index in [4.69, 9.17) is 14.2 Å². The van der Waals surface area contributed by atoms with Crippen LogP contribution in [0, 0.1) is 23.5 Å². The van der Waals surface area contributed by atoms with Gasteiger partial charge in [0, 0.05) is 5.92 Å². The van der Waals surface area contributed by atoms with Gasteiger partial charge in [0.15, 0.2) is 17.9 Å². The molecular formula is C25H38F2O3. The zero-order chi connectivity index (χ0) is 21.3. The highest BCUT2D eigenvalue weighted by molar-refractivity contribution is 5.33. The molecule has 1 heterocycles. The second kappa shape index (κ2) is 12.0. The Morgan fingerprint density at radius 2 is 1.70 bits per heavy atom. The summed E-state index contributed by atoms with van der Waals surface area (Å²) in [7, 11) is 0. The Hall–Kier alpha value is -1.20. The predicted molar refractivity (Wildman–Crippen MR) is 115 cm³/mol. The van der Waals surface area contributed by atoms with E-state index in [0.29, 0.717) is 31.1 Å². The minimum Gasteiger partial charge on any atom is -0.490 e. The van der Waals surface area contributed by atoms with Crippen LogP contribution in [0.1, 0.15) is 89.5 Å². The molecule has 0 N–H and O–H groups in total. The van der Waals surface area contributed by atoms with Crippen molar-refractivity contribution in [3.8, 4) is 5.75 Å². The molecule has 0 radical (unpaired) electrons. The lowest BCUT2D eigenvalue weighted by Crippen LogP contribution is -2.30. The van der Waals surface area contributed by atoms with Gasteiger partial charge < -0.3 is 14.2 Å². The third-order valence-electron chi connectivity index (χ3n) is 6.66. The Morgan fingerprint density at radius 3 is 2.37 bits per heavy atom. The number of rotatable bonds is 10. The summed E-state index contributed by atoms with van der Waals surface area (Å²) in [5.74, 6) is -0.326. The van der Waals surface area contributed by atoms with Crippen LogP contribution < -0.4 is 4.74 Å². The summed E-state index contributed by atoms with van der Waals surface area (Å²) in [5, 5.41) is 0. The Bertz CT molecular complexity index is 636. The van der Waals surface area contributed by atoms with Gasteiger partial charge in [-0.1, -0.05) is 52.0 Å². The van der Waals surface area contributed by atoms with Crippen molar-refractivity contribution in [3.05, 3.63) is 29.3 Å². The third-order valence-corrected chi connectivity index (χ3v) is 6.66. The SMILES string of the molecule is CCCCC1CCC(COC2CCC(c3ccc(OCCC)c(F)c3F)CO2)CC1. The molecule has 3 nitrogen and oxygen atoms in total. The summed E-state index contributed by atoms with van der Waals surface area (Å²) < 4.78 is 46.0. The van der Waals surface area contributed by atoms with Gasteiger partial charge in [-0.05, 0) is 55.6 Å². The zero-order valence-corrected chi connectivity index (χ0v) is 18.6. The fraction of sp³-hybridized carbons (Fsp3) is 0.760. The molecule has 0 spiro atoms. The first-order chi connectivity index (χ1) is 14.6. The summed E-state index contributed by atoms with van der Waals surface area (Å²) in [6.45, 7) is 5.68. The van der Waals surface area contributed by atoms with Gasteiger partial charge in [0.1, 0.15) is 0 Å². The van der Waals surface area contributed by atoms with Gasteiger partial charge in [0.2, 0.25) is 5.82 Å². The van der Waals surface area contributed by atoms with E-state index in [1.165, 1.54) is 51.0 Å². The van der Waals surface area contributed by atoms with Crippen LogP contribution in [0.4, 0.5) is 8.78 Å². The van der Waals surface area contributed by atoms with E-state index in [2.05, 4.69) is 6.92 Å². The smallest absolute Gasteiger partial charge is 0.200 e. The Morgan fingerprint density at radius 1 is 0.933 bits per heavy atom. The molecule has 1 saturated carbocycles. The normalized spacial score (nSPS) is 27.2. The molecule has 1 aliphatic heterocycles. The molecule has 0 amide bonds. The quantitative estimate of drug-likeness (QED) is 0.405. The number of unbranched alkanes of at least 4 members (excludes halogenated alkanes) is 1. The summed E-state index contributed by atoms with van der Waals surface area (Å²) in [6, 6.07) is 3.17. The molecule has 0 bridgehead atoms. The Balaban J connectivity index is 1.41. The number of hydrogen-bond acceptors (Lipinski definition) is 3. The van der Waals surface area contributed by atoms with Gasteiger partial charge in [-0.15, -0.1) is 0 Å². The Kier molecular flexibility index (Phi) is 9.38. The molecule has 2 unspecified atom stereocenters. The average Bonchev–Trinajstić information content (AvgIpc) is 2.78. The van der Waals surface area contributed by atoms with Crippen molar-refractivity contribution in [3.63, 3.8) is 0 Å². The fourth-order valence-electron chi connectivity index (χ4n) is 4.71. The molecule has 1 saturated heterocycles. The number of ether oxygens (including phenoxy) is 3. The van der Waals surface area contributed by atoms with Gasteiger partial charge in [-0.3, -0.25) is 0 Å². The van der Waals surface area contributed by atoms with E-state index in [9.17, 15) is 8.78 Å². The molecule has 1 aliphatic carbocycles. The largest absolute Gasteiger partial charge is 0.490 e. The topological polar surface area (TPSA) is 27.7 Å². The molecule has 2 atom stereocenters. The van der Waals surface area contributed by atoms with E-state index in [0.717, 1.165) is 25.4 Å². The summed E-state index contributed by atoms with van der Waals surface area (Å²) in [4.78, 5) is 0. The molecule has 2 aliphatic rings. The molecule has 1 aromatic carbocycles. The monoisotopic (exact) mass is 424 g/mol. The van der Waals surface area contributed by atoms with Gasteiger partial charge in [-0.25, -0.2) is 4.39 Å². The van der Waals surface area contributed by atoms with E-state index < -0.39 is 11.6 Å². The molecule has 170 valence electrons. The van der Waals surface area contributed by atoms with Crippen LogP contribution in [-0.4, -0.2) is 26.1 Å². The van der Waals surface area contributed by atoms with E-state index >= 15 is 0 Å². The van der Waals surface area contributed by atoms with Crippen molar-refractivity contribution in [1.29, 1.82) is 0 Å². The highest BCUT2D eigenvalue weighted by Gasteiger charge is 2.29. The molecule has 5 heteroatoms. The second-order valence-corrected chi connectivity index (χ2v) is 9.03. The van der Waals surface area contributed by atoms with Crippen molar-refractivity contribution in [2.24, 2.45) is 11.8 Å². The zero-order valence-electron chi connectivity index (χ0n) is 18.6. The van der Waals surface area contributed by atoms with Gasteiger partial charge in [-0.2, -0.15) is 4.39 Å². The van der Waals surface area contributed by atoms with Gasteiger partial charge >= 0.3 is 0 Å².